The Kier molecular flexibility index (Phi) is 5.38. The average molecular weight is 339 g/mol. The quantitative estimate of drug-likeness (QED) is 0.631. The van der Waals surface area contributed by atoms with Crippen LogP contribution in [0, 0.1) is 0 Å². The molecule has 0 aliphatic heterocycles. The van der Waals surface area contributed by atoms with Gasteiger partial charge in [0.2, 0.25) is 0 Å². The molecule has 24 heavy (non-hydrogen) atoms. The fourth-order valence-corrected chi connectivity index (χ4v) is 3.44. The lowest BCUT2D eigenvalue weighted by Crippen LogP contribution is -2.36. The summed E-state index contributed by atoms with van der Waals surface area (Å²) in [5.41, 5.74) is 1.13. The molecule has 0 fully saturated rings. The zero-order chi connectivity index (χ0) is 16.9. The topological polar surface area (TPSA) is 49.3 Å². The summed E-state index contributed by atoms with van der Waals surface area (Å²) in [6, 6.07) is 18.4. The van der Waals surface area contributed by atoms with Gasteiger partial charge in [-0.3, -0.25) is 4.79 Å². The summed E-state index contributed by atoms with van der Waals surface area (Å²) in [7, 11) is 0. The number of carboxylic acid groups (broad SMARTS) is 1. The van der Waals surface area contributed by atoms with Crippen molar-refractivity contribution in [2.45, 2.75) is 19.0 Å². The first-order valence-corrected chi connectivity index (χ1v) is 9.44. The minimum absolute atomic E-state index is 0.506. The van der Waals surface area contributed by atoms with Crippen molar-refractivity contribution in [1.82, 2.24) is 5.32 Å². The van der Waals surface area contributed by atoms with Crippen LogP contribution < -0.4 is 5.32 Å². The summed E-state index contributed by atoms with van der Waals surface area (Å²) in [5.74, 6) is 0.0548. The van der Waals surface area contributed by atoms with E-state index in [9.17, 15) is 9.90 Å². The van der Waals surface area contributed by atoms with Gasteiger partial charge in [0.25, 0.3) is 0 Å². The van der Waals surface area contributed by atoms with E-state index in [1.165, 1.54) is 21.5 Å². The molecule has 3 aromatic rings. The molecule has 1 atom stereocenters. The zero-order valence-electron chi connectivity index (χ0n) is 13.7. The highest BCUT2D eigenvalue weighted by Gasteiger charge is 2.16. The Morgan fingerprint density at radius 1 is 1.08 bits per heavy atom. The smallest absolute Gasteiger partial charge is 0.320 e. The average Bonchev–Trinajstić information content (AvgIpc) is 2.59. The van der Waals surface area contributed by atoms with Gasteiger partial charge in [0.15, 0.2) is 0 Å². The van der Waals surface area contributed by atoms with Crippen molar-refractivity contribution in [3.8, 4) is 0 Å². The Hall–Kier alpha value is -2.04. The van der Waals surface area contributed by atoms with Gasteiger partial charge in [0, 0.05) is 6.54 Å². The van der Waals surface area contributed by atoms with Crippen molar-refractivity contribution < 1.29 is 9.90 Å². The SMILES string of the molecule is CSCC[C@H](NCc1cccc2cc3ccccc3cc12)C(=O)O. The summed E-state index contributed by atoms with van der Waals surface area (Å²) in [4.78, 5) is 11.4. The Labute approximate surface area is 146 Å². The molecule has 0 radical (unpaired) electrons. The van der Waals surface area contributed by atoms with Crippen LogP contribution in [0.2, 0.25) is 0 Å². The molecule has 0 unspecified atom stereocenters. The third kappa shape index (κ3) is 3.71. The van der Waals surface area contributed by atoms with Gasteiger partial charge in [-0.25, -0.2) is 0 Å². The predicted molar refractivity (Wildman–Crippen MR) is 103 cm³/mol. The second-order valence-corrected chi connectivity index (χ2v) is 6.88. The summed E-state index contributed by atoms with van der Waals surface area (Å²) in [5, 5.41) is 17.3. The molecule has 3 aromatic carbocycles. The molecule has 0 bridgehead atoms. The van der Waals surface area contributed by atoms with Crippen molar-refractivity contribution in [2.75, 3.05) is 12.0 Å². The second-order valence-electron chi connectivity index (χ2n) is 5.89. The fourth-order valence-electron chi connectivity index (χ4n) is 2.97. The normalized spacial score (nSPS) is 12.5. The lowest BCUT2D eigenvalue weighted by molar-refractivity contribution is -0.139. The number of nitrogens with one attached hydrogen (secondary N) is 1. The minimum Gasteiger partial charge on any atom is -0.480 e. The maximum absolute atomic E-state index is 11.4. The number of aliphatic carboxylic acids is 1. The highest BCUT2D eigenvalue weighted by atomic mass is 32.2. The largest absolute Gasteiger partial charge is 0.480 e. The molecule has 0 aliphatic rings. The van der Waals surface area contributed by atoms with Gasteiger partial charge in [0.05, 0.1) is 0 Å². The van der Waals surface area contributed by atoms with Crippen molar-refractivity contribution in [3.05, 3.63) is 60.2 Å². The van der Waals surface area contributed by atoms with E-state index in [0.717, 1.165) is 11.3 Å². The molecule has 0 amide bonds. The molecule has 3 nitrogen and oxygen atoms in total. The van der Waals surface area contributed by atoms with Gasteiger partial charge in [0.1, 0.15) is 6.04 Å². The van der Waals surface area contributed by atoms with E-state index >= 15 is 0 Å². The molecule has 124 valence electrons. The van der Waals surface area contributed by atoms with E-state index in [2.05, 4.69) is 41.7 Å². The second kappa shape index (κ2) is 7.69. The number of hydrogen-bond acceptors (Lipinski definition) is 3. The maximum Gasteiger partial charge on any atom is 0.320 e. The molecule has 0 heterocycles. The Morgan fingerprint density at radius 2 is 1.79 bits per heavy atom. The molecule has 0 saturated heterocycles. The summed E-state index contributed by atoms with van der Waals surface area (Å²) < 4.78 is 0. The highest BCUT2D eigenvalue weighted by Crippen LogP contribution is 2.25. The van der Waals surface area contributed by atoms with E-state index in [0.29, 0.717) is 13.0 Å². The summed E-state index contributed by atoms with van der Waals surface area (Å²) in [6.07, 6.45) is 2.62. The van der Waals surface area contributed by atoms with Crippen molar-refractivity contribution in [1.29, 1.82) is 0 Å². The lowest BCUT2D eigenvalue weighted by atomic mass is 9.99. The van der Waals surface area contributed by atoms with Gasteiger partial charge in [-0.15, -0.1) is 0 Å². The Balaban J connectivity index is 1.88. The van der Waals surface area contributed by atoms with Crippen molar-refractivity contribution in [3.63, 3.8) is 0 Å². The monoisotopic (exact) mass is 339 g/mol. The molecule has 0 aromatic heterocycles. The summed E-state index contributed by atoms with van der Waals surface area (Å²) >= 11 is 1.67. The number of carbonyl (C=O) groups is 1. The number of carboxylic acids is 1. The van der Waals surface area contributed by atoms with Crippen molar-refractivity contribution in [2.24, 2.45) is 0 Å². The standard InChI is InChI=1S/C20H21NO2S/c1-24-10-9-19(20(22)23)21-13-17-8-4-7-16-11-14-5-2-3-6-15(14)12-18(16)17/h2-8,11-12,19,21H,9-10,13H2,1H3,(H,22,23)/t19-/m0/s1. The predicted octanol–water partition coefficient (Wildman–Crippen LogP) is 4.29. The van der Waals surface area contributed by atoms with Gasteiger partial charge in [-0.05, 0) is 57.7 Å². The van der Waals surface area contributed by atoms with Crippen LogP contribution in [0.4, 0.5) is 0 Å². The van der Waals surface area contributed by atoms with E-state index in [1.807, 2.05) is 24.5 Å². The number of rotatable bonds is 7. The third-order valence-electron chi connectivity index (χ3n) is 4.28. The van der Waals surface area contributed by atoms with Gasteiger partial charge >= 0.3 is 5.97 Å². The molecule has 3 rings (SSSR count). The maximum atomic E-state index is 11.4. The molecule has 0 saturated carbocycles. The molecular formula is C20H21NO2S. The first-order valence-electron chi connectivity index (χ1n) is 8.04. The zero-order valence-corrected chi connectivity index (χ0v) is 14.5. The first-order chi connectivity index (χ1) is 11.7. The van der Waals surface area contributed by atoms with Crippen LogP contribution in [0.5, 0.6) is 0 Å². The van der Waals surface area contributed by atoms with Crippen LogP contribution in [0.15, 0.2) is 54.6 Å². The molecule has 0 aliphatic carbocycles. The number of thioether (sulfide) groups is 1. The molecule has 0 spiro atoms. The third-order valence-corrected chi connectivity index (χ3v) is 4.93. The van der Waals surface area contributed by atoms with E-state index < -0.39 is 12.0 Å². The number of hydrogen-bond donors (Lipinski definition) is 2. The van der Waals surface area contributed by atoms with Crippen LogP contribution >= 0.6 is 11.8 Å². The molecule has 2 N–H and O–H groups in total. The van der Waals surface area contributed by atoms with E-state index in [1.54, 1.807) is 11.8 Å². The minimum atomic E-state index is -0.783. The van der Waals surface area contributed by atoms with E-state index in [-0.39, 0.29) is 0 Å². The van der Waals surface area contributed by atoms with Crippen molar-refractivity contribution >= 4 is 39.3 Å². The highest BCUT2D eigenvalue weighted by molar-refractivity contribution is 7.98. The van der Waals surface area contributed by atoms with Crippen LogP contribution in [0.3, 0.4) is 0 Å². The van der Waals surface area contributed by atoms with Gasteiger partial charge in [-0.2, -0.15) is 11.8 Å². The first kappa shape index (κ1) is 16.8. The number of fused-ring (bicyclic) bond motifs is 2. The van der Waals surface area contributed by atoms with E-state index in [4.69, 9.17) is 0 Å². The number of benzene rings is 3. The molecular weight excluding hydrogens is 318 g/mol. The van der Waals surface area contributed by atoms with Crippen LogP contribution in [0.25, 0.3) is 21.5 Å². The Bertz CT molecular complexity index is 863. The van der Waals surface area contributed by atoms with Crippen LogP contribution in [0.1, 0.15) is 12.0 Å². The van der Waals surface area contributed by atoms with Gasteiger partial charge < -0.3 is 10.4 Å². The van der Waals surface area contributed by atoms with Gasteiger partial charge in [-0.1, -0.05) is 42.5 Å². The van der Waals surface area contributed by atoms with Crippen LogP contribution in [-0.4, -0.2) is 29.1 Å². The van der Waals surface area contributed by atoms with Crippen LogP contribution in [-0.2, 0) is 11.3 Å². The Morgan fingerprint density at radius 3 is 2.50 bits per heavy atom. The summed E-state index contributed by atoms with van der Waals surface area (Å²) in [6.45, 7) is 0.557. The fraction of sp³-hybridized carbons (Fsp3) is 0.250. The molecule has 4 heteroatoms. The lowest BCUT2D eigenvalue weighted by Gasteiger charge is -2.15.